The molecule has 0 bridgehead atoms. The molecule has 1 amide bonds. The third kappa shape index (κ3) is 5.58. The summed E-state index contributed by atoms with van der Waals surface area (Å²) in [7, 11) is -1.19. The Hall–Kier alpha value is -3.23. The van der Waals surface area contributed by atoms with Gasteiger partial charge in [0, 0.05) is 11.6 Å². The molecule has 33 heavy (non-hydrogen) atoms. The molecule has 0 saturated heterocycles. The van der Waals surface area contributed by atoms with Crippen LogP contribution in [0.25, 0.3) is 0 Å². The number of rotatable bonds is 8. The summed E-state index contributed by atoms with van der Waals surface area (Å²) >= 11 is 6.15. The standard InChI is InChI=1S/C24H25ClN2O5S/c1-15-10-11-18(12-19(15)24(28)26-16(2)17-8-6-5-7-9-17)33(29,30)27-21-13-20(25)22(31-3)14-23(21)32-4/h5-14,16,27H,1-4H3,(H,26,28). The highest BCUT2D eigenvalue weighted by Gasteiger charge is 2.22. The molecule has 0 aromatic heterocycles. The van der Waals surface area contributed by atoms with E-state index in [4.69, 9.17) is 21.1 Å². The average molecular weight is 489 g/mol. The molecule has 174 valence electrons. The minimum atomic E-state index is -4.05. The second-order valence-electron chi connectivity index (χ2n) is 7.38. The van der Waals surface area contributed by atoms with Gasteiger partial charge in [0.2, 0.25) is 0 Å². The van der Waals surface area contributed by atoms with Gasteiger partial charge in [0.15, 0.2) is 0 Å². The first-order valence-corrected chi connectivity index (χ1v) is 11.9. The number of carbonyl (C=O) groups excluding carboxylic acids is 1. The van der Waals surface area contributed by atoms with Crippen molar-refractivity contribution in [3.05, 3.63) is 82.4 Å². The molecule has 3 aromatic carbocycles. The highest BCUT2D eigenvalue weighted by atomic mass is 35.5. The summed E-state index contributed by atoms with van der Waals surface area (Å²) in [6.07, 6.45) is 0. The molecule has 1 atom stereocenters. The van der Waals surface area contributed by atoms with Gasteiger partial charge in [-0.3, -0.25) is 9.52 Å². The van der Waals surface area contributed by atoms with E-state index in [0.29, 0.717) is 11.3 Å². The molecule has 3 aromatic rings. The first kappa shape index (κ1) is 24.4. The number of hydrogen-bond acceptors (Lipinski definition) is 5. The molecule has 0 aliphatic rings. The Morgan fingerprint density at radius 2 is 1.64 bits per heavy atom. The van der Waals surface area contributed by atoms with E-state index in [9.17, 15) is 13.2 Å². The van der Waals surface area contributed by atoms with Crippen molar-refractivity contribution in [2.24, 2.45) is 0 Å². The molecule has 0 saturated carbocycles. The van der Waals surface area contributed by atoms with Crippen molar-refractivity contribution >= 4 is 33.2 Å². The van der Waals surface area contributed by atoms with Gasteiger partial charge in [-0.05, 0) is 43.2 Å². The van der Waals surface area contributed by atoms with E-state index in [-0.39, 0.29) is 38.9 Å². The summed E-state index contributed by atoms with van der Waals surface area (Å²) in [5.74, 6) is 0.214. The lowest BCUT2D eigenvalue weighted by Crippen LogP contribution is -2.27. The Kier molecular flexibility index (Phi) is 7.50. The Bertz CT molecular complexity index is 1260. The zero-order valence-corrected chi connectivity index (χ0v) is 20.3. The Morgan fingerprint density at radius 3 is 2.27 bits per heavy atom. The number of ether oxygens (including phenoxy) is 2. The van der Waals surface area contributed by atoms with Crippen LogP contribution in [-0.2, 0) is 10.0 Å². The van der Waals surface area contributed by atoms with Crippen LogP contribution in [0.15, 0.2) is 65.6 Å². The van der Waals surface area contributed by atoms with Crippen LogP contribution < -0.4 is 19.5 Å². The van der Waals surface area contributed by atoms with E-state index in [1.807, 2.05) is 37.3 Å². The van der Waals surface area contributed by atoms with E-state index < -0.39 is 10.0 Å². The molecule has 0 aliphatic heterocycles. The lowest BCUT2D eigenvalue weighted by atomic mass is 10.1. The Labute approximate surface area is 198 Å². The van der Waals surface area contributed by atoms with E-state index >= 15 is 0 Å². The Balaban J connectivity index is 1.89. The SMILES string of the molecule is COc1cc(OC)c(NS(=O)(=O)c2ccc(C)c(C(=O)NC(C)c3ccccc3)c2)cc1Cl. The van der Waals surface area contributed by atoms with Crippen LogP contribution in [0.5, 0.6) is 11.5 Å². The molecule has 0 spiro atoms. The Morgan fingerprint density at radius 1 is 0.970 bits per heavy atom. The summed E-state index contributed by atoms with van der Waals surface area (Å²) < 4.78 is 39.1. The summed E-state index contributed by atoms with van der Waals surface area (Å²) in [5, 5.41) is 3.13. The maximum absolute atomic E-state index is 13.1. The topological polar surface area (TPSA) is 93.7 Å². The molecule has 9 heteroatoms. The fourth-order valence-corrected chi connectivity index (χ4v) is 4.58. The quantitative estimate of drug-likeness (QED) is 0.467. The smallest absolute Gasteiger partial charge is 0.262 e. The first-order valence-electron chi connectivity index (χ1n) is 10.1. The van der Waals surface area contributed by atoms with Crippen molar-refractivity contribution in [2.45, 2.75) is 24.8 Å². The second-order valence-corrected chi connectivity index (χ2v) is 9.46. The molecule has 1 unspecified atom stereocenters. The predicted octanol–water partition coefficient (Wildman–Crippen LogP) is 4.96. The fourth-order valence-electron chi connectivity index (χ4n) is 3.26. The molecule has 3 rings (SSSR count). The number of methoxy groups -OCH3 is 2. The van der Waals surface area contributed by atoms with Crippen LogP contribution in [0.3, 0.4) is 0 Å². The number of amides is 1. The van der Waals surface area contributed by atoms with Crippen LogP contribution in [0.4, 0.5) is 5.69 Å². The van der Waals surface area contributed by atoms with Gasteiger partial charge in [-0.15, -0.1) is 0 Å². The van der Waals surface area contributed by atoms with E-state index in [1.54, 1.807) is 13.0 Å². The van der Waals surface area contributed by atoms with Gasteiger partial charge in [0.25, 0.3) is 15.9 Å². The third-order valence-electron chi connectivity index (χ3n) is 5.13. The zero-order chi connectivity index (χ0) is 24.2. The van der Waals surface area contributed by atoms with Crippen LogP contribution >= 0.6 is 11.6 Å². The lowest BCUT2D eigenvalue weighted by molar-refractivity contribution is 0.0939. The molecule has 0 fully saturated rings. The van der Waals surface area contributed by atoms with Crippen LogP contribution in [0.1, 0.15) is 34.5 Å². The number of halogens is 1. The second kappa shape index (κ2) is 10.1. The monoisotopic (exact) mass is 488 g/mol. The van der Waals surface area contributed by atoms with Gasteiger partial charge in [0.05, 0.1) is 35.9 Å². The summed E-state index contributed by atoms with van der Waals surface area (Å²) in [6, 6.07) is 16.5. The van der Waals surface area contributed by atoms with Crippen molar-refractivity contribution in [3.63, 3.8) is 0 Å². The van der Waals surface area contributed by atoms with Gasteiger partial charge in [-0.1, -0.05) is 48.0 Å². The molecule has 7 nitrogen and oxygen atoms in total. The largest absolute Gasteiger partial charge is 0.495 e. The number of benzene rings is 3. The molecule has 0 heterocycles. The number of anilines is 1. The molecular formula is C24H25ClN2O5S. The van der Waals surface area contributed by atoms with Gasteiger partial charge < -0.3 is 14.8 Å². The summed E-state index contributed by atoms with van der Waals surface area (Å²) in [6.45, 7) is 3.61. The molecule has 0 aliphatic carbocycles. The minimum absolute atomic E-state index is 0.0698. The maximum Gasteiger partial charge on any atom is 0.262 e. The normalized spacial score (nSPS) is 12.0. The van der Waals surface area contributed by atoms with Crippen LogP contribution in [0.2, 0.25) is 5.02 Å². The van der Waals surface area contributed by atoms with Crippen LogP contribution in [0, 0.1) is 6.92 Å². The van der Waals surface area contributed by atoms with Crippen molar-refractivity contribution < 1.29 is 22.7 Å². The average Bonchev–Trinajstić information content (AvgIpc) is 2.79. The summed E-state index contributed by atoms with van der Waals surface area (Å²) in [5.41, 5.74) is 2.00. The first-order chi connectivity index (χ1) is 15.7. The van der Waals surface area contributed by atoms with Crippen LogP contribution in [-0.4, -0.2) is 28.5 Å². The predicted molar refractivity (Wildman–Crippen MR) is 129 cm³/mol. The van der Waals surface area contributed by atoms with Crippen molar-refractivity contribution in [2.75, 3.05) is 18.9 Å². The van der Waals surface area contributed by atoms with Gasteiger partial charge in [-0.25, -0.2) is 8.42 Å². The summed E-state index contributed by atoms with van der Waals surface area (Å²) in [4.78, 5) is 12.9. The number of nitrogens with one attached hydrogen (secondary N) is 2. The number of carbonyl (C=O) groups is 1. The molecular weight excluding hydrogens is 464 g/mol. The maximum atomic E-state index is 13.1. The van der Waals surface area contributed by atoms with Crippen molar-refractivity contribution in [1.82, 2.24) is 5.32 Å². The number of sulfonamides is 1. The van der Waals surface area contributed by atoms with Gasteiger partial charge >= 0.3 is 0 Å². The number of aryl methyl sites for hydroxylation is 1. The molecule has 0 radical (unpaired) electrons. The van der Waals surface area contributed by atoms with Gasteiger partial charge in [-0.2, -0.15) is 0 Å². The van der Waals surface area contributed by atoms with Crippen molar-refractivity contribution in [3.8, 4) is 11.5 Å². The minimum Gasteiger partial charge on any atom is -0.495 e. The fraction of sp³-hybridized carbons (Fsp3) is 0.208. The van der Waals surface area contributed by atoms with Gasteiger partial charge in [0.1, 0.15) is 11.5 Å². The highest BCUT2D eigenvalue weighted by Crippen LogP contribution is 2.37. The number of hydrogen-bond donors (Lipinski definition) is 2. The zero-order valence-electron chi connectivity index (χ0n) is 18.7. The van der Waals surface area contributed by atoms with E-state index in [1.165, 1.54) is 38.5 Å². The molecule has 2 N–H and O–H groups in total. The lowest BCUT2D eigenvalue weighted by Gasteiger charge is -2.17. The van der Waals surface area contributed by atoms with E-state index in [0.717, 1.165) is 5.56 Å². The van der Waals surface area contributed by atoms with E-state index in [2.05, 4.69) is 10.0 Å². The third-order valence-corrected chi connectivity index (χ3v) is 6.79. The van der Waals surface area contributed by atoms with Crippen molar-refractivity contribution in [1.29, 1.82) is 0 Å². The highest BCUT2D eigenvalue weighted by molar-refractivity contribution is 7.92.